The molecular weight excluding hydrogens is 158 g/mol. The Labute approximate surface area is 70.8 Å². The van der Waals surface area contributed by atoms with Gasteiger partial charge in [-0.1, -0.05) is 13.8 Å². The first-order valence-corrected chi connectivity index (χ1v) is 4.60. The molecule has 1 rings (SSSR count). The Bertz CT molecular complexity index is 219. The molecule has 3 nitrogen and oxygen atoms in total. The molecule has 0 spiro atoms. The van der Waals surface area contributed by atoms with Crippen LogP contribution < -0.4 is 5.73 Å². The van der Waals surface area contributed by atoms with Gasteiger partial charge < -0.3 is 5.73 Å². The summed E-state index contributed by atoms with van der Waals surface area (Å²) in [5.74, 6) is 2.45. The normalized spacial score (nSPS) is 10.8. The summed E-state index contributed by atoms with van der Waals surface area (Å²) in [5, 5.41) is 6.53. The summed E-state index contributed by atoms with van der Waals surface area (Å²) in [6.07, 6.45) is 1.77. The Kier molecular flexibility index (Phi) is 2.82. The first kappa shape index (κ1) is 8.46. The van der Waals surface area contributed by atoms with E-state index in [-0.39, 0.29) is 0 Å². The number of nitrogens with one attached hydrogen (secondary N) is 1. The standard InChI is InChI=1S/C7H13N3S/c1-5(2)4-11-6-3-9-10-7(6)8/h3,5H,4H2,1-2H3,(H3,8,9,10). The van der Waals surface area contributed by atoms with Gasteiger partial charge in [0, 0.05) is 5.75 Å². The summed E-state index contributed by atoms with van der Waals surface area (Å²) in [5.41, 5.74) is 5.59. The average molecular weight is 171 g/mol. The Balaban J connectivity index is 2.44. The van der Waals surface area contributed by atoms with Crippen molar-refractivity contribution in [3.63, 3.8) is 0 Å². The highest BCUT2D eigenvalue weighted by atomic mass is 32.2. The number of nitrogens with two attached hydrogens (primary N) is 1. The molecule has 4 heteroatoms. The van der Waals surface area contributed by atoms with Gasteiger partial charge in [0.25, 0.3) is 0 Å². The zero-order valence-electron chi connectivity index (χ0n) is 6.79. The third-order valence-electron chi connectivity index (χ3n) is 1.20. The van der Waals surface area contributed by atoms with Crippen LogP contribution in [0.4, 0.5) is 5.82 Å². The summed E-state index contributed by atoms with van der Waals surface area (Å²) >= 11 is 1.74. The van der Waals surface area contributed by atoms with Crippen molar-refractivity contribution in [2.45, 2.75) is 18.7 Å². The highest BCUT2D eigenvalue weighted by molar-refractivity contribution is 7.99. The molecule has 1 aromatic rings. The van der Waals surface area contributed by atoms with Crippen molar-refractivity contribution in [3.8, 4) is 0 Å². The molecule has 0 aliphatic heterocycles. The minimum atomic E-state index is 0.677. The van der Waals surface area contributed by atoms with E-state index < -0.39 is 0 Å². The number of hydrogen-bond acceptors (Lipinski definition) is 3. The largest absolute Gasteiger partial charge is 0.383 e. The van der Waals surface area contributed by atoms with Crippen LogP contribution in [0.25, 0.3) is 0 Å². The summed E-state index contributed by atoms with van der Waals surface area (Å²) < 4.78 is 0. The third-order valence-corrected chi connectivity index (χ3v) is 2.67. The van der Waals surface area contributed by atoms with Gasteiger partial charge in [-0.2, -0.15) is 5.10 Å². The van der Waals surface area contributed by atoms with Crippen molar-refractivity contribution >= 4 is 17.6 Å². The highest BCUT2D eigenvalue weighted by Crippen LogP contribution is 2.23. The summed E-state index contributed by atoms with van der Waals surface area (Å²) in [6.45, 7) is 4.37. The predicted molar refractivity (Wildman–Crippen MR) is 48.6 cm³/mol. The van der Waals surface area contributed by atoms with Crippen LogP contribution in [0.5, 0.6) is 0 Å². The number of hydrogen-bond donors (Lipinski definition) is 2. The first-order valence-electron chi connectivity index (χ1n) is 3.61. The second-order valence-electron chi connectivity index (χ2n) is 2.85. The monoisotopic (exact) mass is 171 g/mol. The maximum atomic E-state index is 5.59. The lowest BCUT2D eigenvalue weighted by molar-refractivity contribution is 0.750. The number of nitrogens with zero attached hydrogens (tertiary/aromatic N) is 1. The van der Waals surface area contributed by atoms with E-state index in [0.717, 1.165) is 10.6 Å². The summed E-state index contributed by atoms with van der Waals surface area (Å²) in [7, 11) is 0. The number of rotatable bonds is 3. The summed E-state index contributed by atoms with van der Waals surface area (Å²) in [6, 6.07) is 0. The zero-order valence-corrected chi connectivity index (χ0v) is 7.61. The van der Waals surface area contributed by atoms with E-state index >= 15 is 0 Å². The van der Waals surface area contributed by atoms with Crippen molar-refractivity contribution in [1.82, 2.24) is 10.2 Å². The molecule has 0 atom stereocenters. The molecule has 0 saturated carbocycles. The minimum absolute atomic E-state index is 0.677. The minimum Gasteiger partial charge on any atom is -0.383 e. The SMILES string of the molecule is CC(C)CSc1cn[nH]c1N. The van der Waals surface area contributed by atoms with Gasteiger partial charge in [-0.25, -0.2) is 0 Å². The van der Waals surface area contributed by atoms with Crippen molar-refractivity contribution in [3.05, 3.63) is 6.20 Å². The highest BCUT2D eigenvalue weighted by Gasteiger charge is 2.02. The number of anilines is 1. The van der Waals surface area contributed by atoms with Gasteiger partial charge >= 0.3 is 0 Å². The van der Waals surface area contributed by atoms with E-state index in [9.17, 15) is 0 Å². The lowest BCUT2D eigenvalue weighted by atomic mass is 10.3. The van der Waals surface area contributed by atoms with Crippen molar-refractivity contribution in [2.75, 3.05) is 11.5 Å². The maximum Gasteiger partial charge on any atom is 0.132 e. The quantitative estimate of drug-likeness (QED) is 0.681. The maximum absolute atomic E-state index is 5.59. The van der Waals surface area contributed by atoms with E-state index in [0.29, 0.717) is 11.7 Å². The molecule has 62 valence electrons. The van der Waals surface area contributed by atoms with Gasteiger partial charge in [-0.05, 0) is 5.92 Å². The lowest BCUT2D eigenvalue weighted by Gasteiger charge is -2.01. The van der Waals surface area contributed by atoms with E-state index in [1.165, 1.54) is 0 Å². The second kappa shape index (κ2) is 3.67. The smallest absolute Gasteiger partial charge is 0.132 e. The van der Waals surface area contributed by atoms with Gasteiger partial charge in [0.05, 0.1) is 11.1 Å². The van der Waals surface area contributed by atoms with E-state index in [1.807, 2.05) is 0 Å². The molecular formula is C7H13N3S. The van der Waals surface area contributed by atoms with Crippen molar-refractivity contribution in [1.29, 1.82) is 0 Å². The molecule has 0 aliphatic carbocycles. The molecule has 1 aromatic heterocycles. The van der Waals surface area contributed by atoms with Crippen molar-refractivity contribution in [2.24, 2.45) is 5.92 Å². The number of aromatic nitrogens is 2. The van der Waals surface area contributed by atoms with E-state index in [1.54, 1.807) is 18.0 Å². The summed E-state index contributed by atoms with van der Waals surface area (Å²) in [4.78, 5) is 1.05. The van der Waals surface area contributed by atoms with E-state index in [4.69, 9.17) is 5.73 Å². The molecule has 0 saturated heterocycles. The van der Waals surface area contributed by atoms with Crippen LogP contribution in [-0.4, -0.2) is 16.0 Å². The van der Waals surface area contributed by atoms with Crippen LogP contribution in [-0.2, 0) is 0 Å². The average Bonchev–Trinajstić information content (AvgIpc) is 2.31. The first-order chi connectivity index (χ1) is 5.20. The van der Waals surface area contributed by atoms with Crippen LogP contribution in [0.15, 0.2) is 11.1 Å². The zero-order chi connectivity index (χ0) is 8.27. The van der Waals surface area contributed by atoms with Gasteiger partial charge in [0.1, 0.15) is 5.82 Å². The van der Waals surface area contributed by atoms with E-state index in [2.05, 4.69) is 24.0 Å². The molecule has 1 heterocycles. The number of nitrogen functional groups attached to an aromatic ring is 1. The van der Waals surface area contributed by atoms with Gasteiger partial charge in [0.15, 0.2) is 0 Å². The molecule has 0 fully saturated rings. The molecule has 0 radical (unpaired) electrons. The third kappa shape index (κ3) is 2.46. The van der Waals surface area contributed by atoms with Crippen LogP contribution in [0, 0.1) is 5.92 Å². The number of H-pyrrole nitrogens is 1. The van der Waals surface area contributed by atoms with Crippen LogP contribution in [0.3, 0.4) is 0 Å². The van der Waals surface area contributed by atoms with Crippen molar-refractivity contribution < 1.29 is 0 Å². The fraction of sp³-hybridized carbons (Fsp3) is 0.571. The Morgan fingerprint density at radius 1 is 1.73 bits per heavy atom. The molecule has 0 aliphatic rings. The molecule has 0 bridgehead atoms. The topological polar surface area (TPSA) is 54.7 Å². The Hall–Kier alpha value is -0.640. The molecule has 11 heavy (non-hydrogen) atoms. The number of thioether (sulfide) groups is 1. The second-order valence-corrected chi connectivity index (χ2v) is 3.91. The van der Waals surface area contributed by atoms with Crippen LogP contribution >= 0.6 is 11.8 Å². The molecule has 0 unspecified atom stereocenters. The lowest BCUT2D eigenvalue weighted by Crippen LogP contribution is -1.91. The molecule has 0 amide bonds. The van der Waals surface area contributed by atoms with Gasteiger partial charge in [0.2, 0.25) is 0 Å². The fourth-order valence-corrected chi connectivity index (χ4v) is 1.50. The van der Waals surface area contributed by atoms with Crippen LogP contribution in [0.2, 0.25) is 0 Å². The van der Waals surface area contributed by atoms with Gasteiger partial charge in [-0.15, -0.1) is 11.8 Å². The van der Waals surface area contributed by atoms with Gasteiger partial charge in [-0.3, -0.25) is 5.10 Å². The fourth-order valence-electron chi connectivity index (χ4n) is 0.657. The number of aromatic amines is 1. The van der Waals surface area contributed by atoms with Crippen LogP contribution in [0.1, 0.15) is 13.8 Å². The predicted octanol–water partition coefficient (Wildman–Crippen LogP) is 1.74. The Morgan fingerprint density at radius 3 is 2.91 bits per heavy atom. The molecule has 0 aromatic carbocycles. The molecule has 3 N–H and O–H groups in total. The Morgan fingerprint density at radius 2 is 2.45 bits per heavy atom.